The van der Waals surface area contributed by atoms with E-state index in [0.717, 1.165) is 36.0 Å². The fraction of sp³-hybridized carbons (Fsp3) is 0.346. The molecule has 3 aliphatic rings. The molecule has 2 atom stereocenters. The quantitative estimate of drug-likeness (QED) is 0.475. The fourth-order valence-corrected chi connectivity index (χ4v) is 5.25. The van der Waals surface area contributed by atoms with Crippen LogP contribution in [0.15, 0.2) is 42.5 Å². The minimum Gasteiger partial charge on any atom is -0.454 e. The van der Waals surface area contributed by atoms with E-state index in [9.17, 15) is 14.4 Å². The molecule has 1 saturated heterocycles. The summed E-state index contributed by atoms with van der Waals surface area (Å²) in [6.07, 6.45) is 3.27. The summed E-state index contributed by atoms with van der Waals surface area (Å²) in [6.45, 7) is 0.295. The molecule has 9 nitrogen and oxygen atoms in total. The van der Waals surface area contributed by atoms with E-state index < -0.39 is 12.1 Å². The van der Waals surface area contributed by atoms with Crippen LogP contribution in [0.4, 0.5) is 4.79 Å². The Kier molecular flexibility index (Phi) is 5.32. The Morgan fingerprint density at radius 3 is 2.89 bits per heavy atom. The van der Waals surface area contributed by atoms with Gasteiger partial charge in [-0.1, -0.05) is 24.3 Å². The molecule has 6 rings (SSSR count). The SMILES string of the molecule is O=C(CC[C@@H]1NC(=O)N(Cc2ccc3c(c2)OCO3)C1=O)NC1CCCc2c1[nH]c1ccccc21. The molecule has 1 unspecified atom stereocenters. The highest BCUT2D eigenvalue weighted by Crippen LogP contribution is 2.35. The van der Waals surface area contributed by atoms with Gasteiger partial charge in [-0.05, 0) is 55.0 Å². The molecule has 2 aromatic carbocycles. The van der Waals surface area contributed by atoms with E-state index in [1.54, 1.807) is 18.2 Å². The Bertz CT molecular complexity index is 1330. The average Bonchev–Trinajstić information content (AvgIpc) is 3.55. The molecule has 1 aliphatic carbocycles. The van der Waals surface area contributed by atoms with Gasteiger partial charge in [0.2, 0.25) is 12.7 Å². The normalized spacial score (nSPS) is 20.7. The maximum Gasteiger partial charge on any atom is 0.325 e. The molecule has 4 amide bonds. The van der Waals surface area contributed by atoms with Crippen molar-refractivity contribution in [1.82, 2.24) is 20.5 Å². The first-order valence-corrected chi connectivity index (χ1v) is 12.0. The van der Waals surface area contributed by atoms with Gasteiger partial charge >= 0.3 is 6.03 Å². The molecule has 0 spiro atoms. The molecule has 9 heteroatoms. The second-order valence-electron chi connectivity index (χ2n) is 9.23. The number of amides is 4. The largest absolute Gasteiger partial charge is 0.454 e. The number of imide groups is 1. The van der Waals surface area contributed by atoms with E-state index >= 15 is 0 Å². The van der Waals surface area contributed by atoms with E-state index in [1.165, 1.54) is 15.8 Å². The van der Waals surface area contributed by atoms with Crippen molar-refractivity contribution in [3.63, 3.8) is 0 Å². The molecule has 0 bridgehead atoms. The monoisotopic (exact) mass is 474 g/mol. The van der Waals surface area contributed by atoms with Crippen molar-refractivity contribution < 1.29 is 23.9 Å². The highest BCUT2D eigenvalue weighted by atomic mass is 16.7. The number of H-pyrrole nitrogens is 1. The molecule has 2 aliphatic heterocycles. The summed E-state index contributed by atoms with van der Waals surface area (Å²) < 4.78 is 10.7. The molecule has 0 saturated carbocycles. The van der Waals surface area contributed by atoms with Gasteiger partial charge < -0.3 is 25.1 Å². The third kappa shape index (κ3) is 3.96. The lowest BCUT2D eigenvalue weighted by atomic mass is 9.91. The van der Waals surface area contributed by atoms with Crippen LogP contribution >= 0.6 is 0 Å². The molecular weight excluding hydrogens is 448 g/mol. The summed E-state index contributed by atoms with van der Waals surface area (Å²) in [5, 5.41) is 7.05. The van der Waals surface area contributed by atoms with Crippen LogP contribution in [0.5, 0.6) is 11.5 Å². The van der Waals surface area contributed by atoms with Crippen molar-refractivity contribution in [3.05, 3.63) is 59.3 Å². The Morgan fingerprint density at radius 2 is 1.97 bits per heavy atom. The maximum absolute atomic E-state index is 12.9. The third-order valence-corrected chi connectivity index (χ3v) is 6.99. The van der Waals surface area contributed by atoms with Gasteiger partial charge in [0.05, 0.1) is 12.6 Å². The first-order valence-electron chi connectivity index (χ1n) is 12.0. The molecule has 1 aromatic heterocycles. The molecule has 0 radical (unpaired) electrons. The molecule has 3 N–H and O–H groups in total. The zero-order valence-electron chi connectivity index (χ0n) is 19.1. The Morgan fingerprint density at radius 1 is 1.11 bits per heavy atom. The first kappa shape index (κ1) is 21.5. The predicted molar refractivity (Wildman–Crippen MR) is 127 cm³/mol. The highest BCUT2D eigenvalue weighted by Gasteiger charge is 2.38. The smallest absolute Gasteiger partial charge is 0.325 e. The van der Waals surface area contributed by atoms with Gasteiger partial charge in [0.15, 0.2) is 11.5 Å². The second kappa shape index (κ2) is 8.65. The molecule has 35 heavy (non-hydrogen) atoms. The number of rotatable bonds is 6. The van der Waals surface area contributed by atoms with Crippen molar-refractivity contribution in [2.45, 2.75) is 50.7 Å². The summed E-state index contributed by atoms with van der Waals surface area (Å²) in [6, 6.07) is 12.3. The van der Waals surface area contributed by atoms with E-state index in [4.69, 9.17) is 9.47 Å². The number of carbonyl (C=O) groups excluding carboxylic acids is 3. The number of nitrogens with one attached hydrogen (secondary N) is 3. The van der Waals surface area contributed by atoms with Crippen LogP contribution in [0.2, 0.25) is 0 Å². The number of para-hydroxylation sites is 1. The molecular formula is C26H26N4O5. The zero-order valence-corrected chi connectivity index (χ0v) is 19.1. The minimum atomic E-state index is -0.711. The number of carbonyl (C=O) groups is 3. The third-order valence-electron chi connectivity index (χ3n) is 6.99. The lowest BCUT2D eigenvalue weighted by molar-refractivity contribution is -0.128. The molecule has 3 aromatic rings. The van der Waals surface area contributed by atoms with Crippen LogP contribution in [0, 0.1) is 0 Å². The van der Waals surface area contributed by atoms with Crippen molar-refractivity contribution >= 4 is 28.7 Å². The summed E-state index contributed by atoms with van der Waals surface area (Å²) in [5.41, 5.74) is 4.20. The predicted octanol–water partition coefficient (Wildman–Crippen LogP) is 3.29. The fourth-order valence-electron chi connectivity index (χ4n) is 5.25. The lowest BCUT2D eigenvalue weighted by Gasteiger charge is -2.24. The summed E-state index contributed by atoms with van der Waals surface area (Å²) in [7, 11) is 0. The summed E-state index contributed by atoms with van der Waals surface area (Å²) in [5.74, 6) is 0.796. The highest BCUT2D eigenvalue weighted by molar-refractivity contribution is 6.04. The number of aromatic amines is 1. The van der Waals surface area contributed by atoms with Crippen LogP contribution in [0.3, 0.4) is 0 Å². The summed E-state index contributed by atoms with van der Waals surface area (Å²) >= 11 is 0. The van der Waals surface area contributed by atoms with Crippen LogP contribution in [-0.4, -0.2) is 40.6 Å². The lowest BCUT2D eigenvalue weighted by Crippen LogP contribution is -2.34. The van der Waals surface area contributed by atoms with Crippen molar-refractivity contribution in [2.24, 2.45) is 0 Å². The number of hydrogen-bond donors (Lipinski definition) is 3. The average molecular weight is 475 g/mol. The van der Waals surface area contributed by atoms with E-state index in [0.29, 0.717) is 11.5 Å². The number of fused-ring (bicyclic) bond motifs is 4. The Balaban J connectivity index is 1.06. The number of nitrogens with zero attached hydrogens (tertiary/aromatic N) is 1. The maximum atomic E-state index is 12.9. The van der Waals surface area contributed by atoms with Crippen LogP contribution in [-0.2, 0) is 22.6 Å². The Labute approximate surface area is 201 Å². The van der Waals surface area contributed by atoms with Crippen molar-refractivity contribution in [3.8, 4) is 11.5 Å². The van der Waals surface area contributed by atoms with Crippen molar-refractivity contribution in [2.75, 3.05) is 6.79 Å². The standard InChI is InChI=1S/C26H26N4O5/c31-23(27-19-7-3-5-17-16-4-1-2-6-18(16)28-24(17)19)11-9-20-25(32)30(26(33)29-20)13-15-8-10-21-22(12-15)35-14-34-21/h1-2,4,6,8,10,12,19-20,28H,3,5,7,9,11,13-14H2,(H,27,31)(H,29,33)/t19?,20-/m0/s1. The topological polar surface area (TPSA) is 113 Å². The van der Waals surface area contributed by atoms with E-state index in [2.05, 4.69) is 27.8 Å². The number of benzene rings is 2. The number of ether oxygens (including phenoxy) is 2. The van der Waals surface area contributed by atoms with Crippen LogP contribution in [0.1, 0.15) is 48.5 Å². The second-order valence-corrected chi connectivity index (χ2v) is 9.23. The van der Waals surface area contributed by atoms with Gasteiger partial charge in [-0.3, -0.25) is 14.5 Å². The Hall–Kier alpha value is -4.01. The van der Waals surface area contributed by atoms with Gasteiger partial charge in [-0.2, -0.15) is 0 Å². The zero-order chi connectivity index (χ0) is 23.9. The van der Waals surface area contributed by atoms with Gasteiger partial charge in [0.25, 0.3) is 5.91 Å². The van der Waals surface area contributed by atoms with E-state index in [1.807, 2.05) is 12.1 Å². The number of aromatic nitrogens is 1. The van der Waals surface area contributed by atoms with Crippen LogP contribution in [0.25, 0.3) is 10.9 Å². The van der Waals surface area contributed by atoms with Gasteiger partial charge in [-0.15, -0.1) is 0 Å². The molecule has 3 heterocycles. The molecule has 180 valence electrons. The van der Waals surface area contributed by atoms with Gasteiger partial charge in [0, 0.05) is 23.0 Å². The first-order chi connectivity index (χ1) is 17.1. The number of aryl methyl sites for hydroxylation is 1. The number of urea groups is 1. The van der Waals surface area contributed by atoms with E-state index in [-0.39, 0.29) is 44.0 Å². The van der Waals surface area contributed by atoms with Crippen molar-refractivity contribution in [1.29, 1.82) is 0 Å². The van der Waals surface area contributed by atoms with Crippen LogP contribution < -0.4 is 20.1 Å². The number of hydrogen-bond acceptors (Lipinski definition) is 5. The minimum absolute atomic E-state index is 0.0740. The molecule has 1 fully saturated rings. The van der Waals surface area contributed by atoms with Gasteiger partial charge in [-0.25, -0.2) is 4.79 Å². The summed E-state index contributed by atoms with van der Waals surface area (Å²) in [4.78, 5) is 42.7. The van der Waals surface area contributed by atoms with Gasteiger partial charge in [0.1, 0.15) is 6.04 Å².